The Morgan fingerprint density at radius 2 is 2.29 bits per heavy atom. The van der Waals surface area contributed by atoms with E-state index >= 15 is 0 Å². The largest absolute Gasteiger partial charge is 0.293 e. The van der Waals surface area contributed by atoms with Crippen molar-refractivity contribution in [3.05, 3.63) is 22.4 Å². The van der Waals surface area contributed by atoms with Crippen molar-refractivity contribution in [2.45, 2.75) is 26.2 Å². The van der Waals surface area contributed by atoms with E-state index in [-0.39, 0.29) is 0 Å². The van der Waals surface area contributed by atoms with Crippen molar-refractivity contribution in [3.8, 4) is 0 Å². The topological polar surface area (TPSA) is 17.1 Å². The second-order valence-corrected chi connectivity index (χ2v) is 5.32. The lowest BCUT2D eigenvalue weighted by Crippen LogP contribution is -1.94. The number of thiophene rings is 2. The maximum absolute atomic E-state index is 11.7. The third kappa shape index (κ3) is 1.88. The molecule has 0 saturated carbocycles. The summed E-state index contributed by atoms with van der Waals surface area (Å²) in [5.74, 6) is 0.306. The zero-order valence-electron chi connectivity index (χ0n) is 8.08. The first kappa shape index (κ1) is 9.87. The predicted octanol–water partition coefficient (Wildman–Crippen LogP) is 4.34. The Kier molecular flexibility index (Phi) is 2.99. The van der Waals surface area contributed by atoms with Crippen LogP contribution in [0.1, 0.15) is 35.9 Å². The summed E-state index contributed by atoms with van der Waals surface area (Å²) in [6.07, 6.45) is 2.79. The van der Waals surface area contributed by atoms with Gasteiger partial charge in [-0.15, -0.1) is 22.7 Å². The fraction of sp³-hybridized carbons (Fsp3) is 0.364. The van der Waals surface area contributed by atoms with Gasteiger partial charge in [-0.1, -0.05) is 13.3 Å². The van der Waals surface area contributed by atoms with Crippen molar-refractivity contribution in [1.82, 2.24) is 0 Å². The summed E-state index contributed by atoms with van der Waals surface area (Å²) in [7, 11) is 0. The average molecular weight is 224 g/mol. The molecule has 0 aromatic carbocycles. The number of hydrogen-bond donors (Lipinski definition) is 0. The quantitative estimate of drug-likeness (QED) is 0.706. The monoisotopic (exact) mass is 224 g/mol. The molecule has 2 rings (SSSR count). The van der Waals surface area contributed by atoms with Gasteiger partial charge in [0.15, 0.2) is 5.78 Å². The lowest BCUT2D eigenvalue weighted by atomic mass is 10.1. The summed E-state index contributed by atoms with van der Waals surface area (Å²) in [5, 5.41) is 2.07. The molecule has 0 aliphatic carbocycles. The van der Waals surface area contributed by atoms with E-state index in [1.165, 1.54) is 9.40 Å². The zero-order chi connectivity index (χ0) is 9.97. The highest BCUT2D eigenvalue weighted by atomic mass is 32.1. The van der Waals surface area contributed by atoms with E-state index in [0.29, 0.717) is 12.2 Å². The fourth-order valence-corrected chi connectivity index (χ4v) is 3.44. The van der Waals surface area contributed by atoms with Gasteiger partial charge in [-0.3, -0.25) is 4.79 Å². The normalized spacial score (nSPS) is 10.9. The molecule has 0 saturated heterocycles. The SMILES string of the molecule is CCCCC(=O)c1cc2sccc2s1. The average Bonchev–Trinajstić information content (AvgIpc) is 2.72. The standard InChI is InChI=1S/C11H12OS2/c1-2-3-4-8(12)10-7-11-9(14-10)5-6-13-11/h5-7H,2-4H2,1H3. The first-order valence-electron chi connectivity index (χ1n) is 4.81. The third-order valence-corrected chi connectivity index (χ3v) is 4.31. The smallest absolute Gasteiger partial charge is 0.172 e. The number of unbranched alkanes of at least 4 members (excludes halogenated alkanes) is 1. The zero-order valence-corrected chi connectivity index (χ0v) is 9.71. The molecule has 0 spiro atoms. The number of ketones is 1. The van der Waals surface area contributed by atoms with Crippen LogP contribution in [0.5, 0.6) is 0 Å². The summed E-state index contributed by atoms with van der Waals surface area (Å²) in [4.78, 5) is 12.6. The van der Waals surface area contributed by atoms with Gasteiger partial charge in [0.2, 0.25) is 0 Å². The molecule has 74 valence electrons. The van der Waals surface area contributed by atoms with Gasteiger partial charge < -0.3 is 0 Å². The molecule has 2 aromatic heterocycles. The van der Waals surface area contributed by atoms with Crippen molar-refractivity contribution in [2.24, 2.45) is 0 Å². The van der Waals surface area contributed by atoms with Crippen molar-refractivity contribution in [1.29, 1.82) is 0 Å². The van der Waals surface area contributed by atoms with Gasteiger partial charge in [0.25, 0.3) is 0 Å². The van der Waals surface area contributed by atoms with Crippen LogP contribution in [0, 0.1) is 0 Å². The molecule has 1 nitrogen and oxygen atoms in total. The molecule has 0 aliphatic heterocycles. The molecule has 2 heterocycles. The van der Waals surface area contributed by atoms with Gasteiger partial charge in [0.05, 0.1) is 4.88 Å². The molecule has 0 atom stereocenters. The first-order chi connectivity index (χ1) is 6.81. The molecule has 0 radical (unpaired) electrons. The van der Waals surface area contributed by atoms with Crippen LogP contribution in [0.25, 0.3) is 9.40 Å². The summed E-state index contributed by atoms with van der Waals surface area (Å²) in [5.41, 5.74) is 0. The molecule has 0 aliphatic rings. The number of carbonyl (C=O) groups is 1. The summed E-state index contributed by atoms with van der Waals surface area (Å²) < 4.78 is 2.49. The number of fused-ring (bicyclic) bond motifs is 1. The van der Waals surface area contributed by atoms with Crippen LogP contribution < -0.4 is 0 Å². The van der Waals surface area contributed by atoms with Crippen LogP contribution in [-0.4, -0.2) is 5.78 Å². The predicted molar refractivity (Wildman–Crippen MR) is 63.6 cm³/mol. The van der Waals surface area contributed by atoms with Crippen molar-refractivity contribution >= 4 is 37.9 Å². The van der Waals surface area contributed by atoms with Crippen LogP contribution in [0.2, 0.25) is 0 Å². The molecule has 0 N–H and O–H groups in total. The first-order valence-corrected chi connectivity index (χ1v) is 6.51. The number of carbonyl (C=O) groups excluding carboxylic acids is 1. The van der Waals surface area contributed by atoms with E-state index in [9.17, 15) is 4.79 Å². The summed E-state index contributed by atoms with van der Waals surface area (Å²) in [6, 6.07) is 4.12. The van der Waals surface area contributed by atoms with Crippen LogP contribution in [0.3, 0.4) is 0 Å². The maximum atomic E-state index is 11.7. The van der Waals surface area contributed by atoms with Crippen LogP contribution in [0.4, 0.5) is 0 Å². The minimum Gasteiger partial charge on any atom is -0.293 e. The second-order valence-electron chi connectivity index (χ2n) is 3.29. The third-order valence-electron chi connectivity index (χ3n) is 2.17. The van der Waals surface area contributed by atoms with Gasteiger partial charge in [-0.2, -0.15) is 0 Å². The Bertz CT molecular complexity index is 410. The van der Waals surface area contributed by atoms with E-state index in [0.717, 1.165) is 17.7 Å². The molecule has 2 aromatic rings. The van der Waals surface area contributed by atoms with Crippen LogP contribution in [-0.2, 0) is 0 Å². The Morgan fingerprint density at radius 1 is 1.43 bits per heavy atom. The highest BCUT2D eigenvalue weighted by Gasteiger charge is 2.09. The van der Waals surface area contributed by atoms with E-state index in [1.807, 2.05) is 6.07 Å². The molecule has 3 heteroatoms. The second kappa shape index (κ2) is 4.24. The molecule has 0 amide bonds. The molecule has 0 bridgehead atoms. The van der Waals surface area contributed by atoms with E-state index in [1.54, 1.807) is 22.7 Å². The summed E-state index contributed by atoms with van der Waals surface area (Å²) in [6.45, 7) is 2.11. The lowest BCUT2D eigenvalue weighted by Gasteiger charge is -1.93. The minimum absolute atomic E-state index is 0.306. The molecular formula is C11H12OS2. The number of hydrogen-bond acceptors (Lipinski definition) is 3. The summed E-state index contributed by atoms with van der Waals surface area (Å²) >= 11 is 3.33. The molecule has 0 unspecified atom stereocenters. The van der Waals surface area contributed by atoms with E-state index in [4.69, 9.17) is 0 Å². The van der Waals surface area contributed by atoms with Gasteiger partial charge >= 0.3 is 0 Å². The van der Waals surface area contributed by atoms with Crippen LogP contribution in [0.15, 0.2) is 17.5 Å². The van der Waals surface area contributed by atoms with Gasteiger partial charge in [-0.05, 0) is 23.9 Å². The van der Waals surface area contributed by atoms with Crippen molar-refractivity contribution in [2.75, 3.05) is 0 Å². The van der Waals surface area contributed by atoms with Gasteiger partial charge in [0.1, 0.15) is 0 Å². The number of rotatable bonds is 4. The maximum Gasteiger partial charge on any atom is 0.172 e. The van der Waals surface area contributed by atoms with Crippen molar-refractivity contribution < 1.29 is 4.79 Å². The van der Waals surface area contributed by atoms with Crippen molar-refractivity contribution in [3.63, 3.8) is 0 Å². The Labute approximate surface area is 91.4 Å². The fourth-order valence-electron chi connectivity index (χ4n) is 1.36. The Balaban J connectivity index is 2.18. The van der Waals surface area contributed by atoms with Gasteiger partial charge in [-0.25, -0.2) is 0 Å². The highest BCUT2D eigenvalue weighted by Crippen LogP contribution is 2.30. The van der Waals surface area contributed by atoms with Crippen LogP contribution >= 0.6 is 22.7 Å². The number of Topliss-reactive ketones (excluding diaryl/α,β-unsaturated/α-hetero) is 1. The highest BCUT2D eigenvalue weighted by molar-refractivity contribution is 7.27. The van der Waals surface area contributed by atoms with Gasteiger partial charge in [0, 0.05) is 15.8 Å². The molecular weight excluding hydrogens is 212 g/mol. The Morgan fingerprint density at radius 3 is 3.00 bits per heavy atom. The van der Waals surface area contributed by atoms with E-state index in [2.05, 4.69) is 18.4 Å². The minimum atomic E-state index is 0.306. The Hall–Kier alpha value is -0.670. The molecule has 14 heavy (non-hydrogen) atoms. The van der Waals surface area contributed by atoms with E-state index < -0.39 is 0 Å². The molecule has 0 fully saturated rings. The lowest BCUT2D eigenvalue weighted by molar-refractivity contribution is 0.0984.